The molecule has 1 aromatic rings. The smallest absolute Gasteiger partial charge is 0.0754 e. The number of nitrogens with one attached hydrogen (secondary N) is 1. The van der Waals surface area contributed by atoms with Crippen molar-refractivity contribution >= 4 is 0 Å². The lowest BCUT2D eigenvalue weighted by Gasteiger charge is -2.29. The molecule has 1 N–H and O–H groups in total. The van der Waals surface area contributed by atoms with E-state index in [9.17, 15) is 0 Å². The van der Waals surface area contributed by atoms with E-state index in [-0.39, 0.29) is 6.10 Å². The molecule has 104 valence electrons. The second-order valence-electron chi connectivity index (χ2n) is 5.16. The van der Waals surface area contributed by atoms with Gasteiger partial charge in [0.25, 0.3) is 0 Å². The maximum atomic E-state index is 5.88. The average molecular weight is 253 g/mol. The zero-order valence-corrected chi connectivity index (χ0v) is 12.5. The lowest BCUT2D eigenvalue weighted by atomic mass is 9.95. The van der Waals surface area contributed by atoms with Crippen LogP contribution in [-0.4, -0.2) is 35.6 Å². The molecule has 18 heavy (non-hydrogen) atoms. The molecule has 0 aliphatic heterocycles. The average Bonchev–Trinajstić information content (AvgIpc) is 2.61. The summed E-state index contributed by atoms with van der Waals surface area (Å²) in [4.78, 5) is 0. The van der Waals surface area contributed by atoms with Gasteiger partial charge in [0.2, 0.25) is 0 Å². The van der Waals surface area contributed by atoms with Crippen LogP contribution < -0.4 is 5.32 Å². The number of hydrogen-bond acceptors (Lipinski definition) is 3. The molecule has 0 aliphatic carbocycles. The van der Waals surface area contributed by atoms with Crippen molar-refractivity contribution in [1.82, 2.24) is 15.1 Å². The Morgan fingerprint density at radius 3 is 2.50 bits per heavy atom. The summed E-state index contributed by atoms with van der Waals surface area (Å²) in [6, 6.07) is 2.47. The number of likely N-dealkylation sites (N-methyl/N-ethyl adjacent to an activating group) is 1. The summed E-state index contributed by atoms with van der Waals surface area (Å²) in [7, 11) is 4.00. The molecule has 0 saturated carbocycles. The Labute approximate surface area is 111 Å². The van der Waals surface area contributed by atoms with E-state index in [0.29, 0.717) is 12.0 Å². The van der Waals surface area contributed by atoms with Crippen LogP contribution in [0.15, 0.2) is 6.07 Å². The quantitative estimate of drug-likeness (QED) is 0.807. The highest BCUT2D eigenvalue weighted by atomic mass is 16.5. The summed E-state index contributed by atoms with van der Waals surface area (Å²) in [5.41, 5.74) is 2.32. The molecule has 2 atom stereocenters. The number of aryl methyl sites for hydroxylation is 2. The van der Waals surface area contributed by atoms with Gasteiger partial charge in [-0.25, -0.2) is 0 Å². The van der Waals surface area contributed by atoms with E-state index in [4.69, 9.17) is 4.74 Å². The minimum absolute atomic E-state index is 0.232. The Hall–Kier alpha value is -0.870. The van der Waals surface area contributed by atoms with Gasteiger partial charge in [-0.15, -0.1) is 0 Å². The van der Waals surface area contributed by atoms with Gasteiger partial charge in [-0.3, -0.25) is 4.68 Å². The van der Waals surface area contributed by atoms with Crippen LogP contribution in [0.2, 0.25) is 0 Å². The largest absolute Gasteiger partial charge is 0.377 e. The first-order valence-electron chi connectivity index (χ1n) is 6.78. The Morgan fingerprint density at radius 1 is 1.44 bits per heavy atom. The van der Waals surface area contributed by atoms with Crippen molar-refractivity contribution in [3.63, 3.8) is 0 Å². The van der Waals surface area contributed by atoms with E-state index < -0.39 is 0 Å². The van der Waals surface area contributed by atoms with E-state index in [2.05, 4.69) is 37.3 Å². The van der Waals surface area contributed by atoms with Gasteiger partial charge >= 0.3 is 0 Å². The Morgan fingerprint density at radius 2 is 2.11 bits per heavy atom. The van der Waals surface area contributed by atoms with Crippen LogP contribution in [0.5, 0.6) is 0 Å². The minimum Gasteiger partial charge on any atom is -0.377 e. The SMILES string of the molecule is CCOC(C(C)C)C(Cc1cc(C)nn1C)NC. The Bertz CT molecular complexity index is 360. The van der Waals surface area contributed by atoms with E-state index in [1.54, 1.807) is 0 Å². The highest BCUT2D eigenvalue weighted by molar-refractivity contribution is 5.10. The third kappa shape index (κ3) is 3.82. The van der Waals surface area contributed by atoms with Crippen molar-refractivity contribution in [2.24, 2.45) is 13.0 Å². The van der Waals surface area contributed by atoms with Crippen molar-refractivity contribution in [1.29, 1.82) is 0 Å². The molecule has 0 fully saturated rings. The van der Waals surface area contributed by atoms with Crippen LogP contribution in [0.1, 0.15) is 32.2 Å². The fourth-order valence-corrected chi connectivity index (χ4v) is 2.43. The highest BCUT2D eigenvalue weighted by Crippen LogP contribution is 2.16. The van der Waals surface area contributed by atoms with Gasteiger partial charge in [0.05, 0.1) is 11.8 Å². The topological polar surface area (TPSA) is 39.1 Å². The van der Waals surface area contributed by atoms with Crippen molar-refractivity contribution in [3.05, 3.63) is 17.5 Å². The number of hydrogen-bond donors (Lipinski definition) is 1. The van der Waals surface area contributed by atoms with Crippen LogP contribution in [0.25, 0.3) is 0 Å². The van der Waals surface area contributed by atoms with Crippen LogP contribution in [0.4, 0.5) is 0 Å². The van der Waals surface area contributed by atoms with E-state index in [1.807, 2.05) is 25.7 Å². The molecule has 0 radical (unpaired) electrons. The fourth-order valence-electron chi connectivity index (χ4n) is 2.43. The predicted octanol–water partition coefficient (Wildman–Crippen LogP) is 1.92. The second-order valence-corrected chi connectivity index (χ2v) is 5.16. The molecule has 4 nitrogen and oxygen atoms in total. The van der Waals surface area contributed by atoms with Crippen LogP contribution >= 0.6 is 0 Å². The molecule has 0 bridgehead atoms. The summed E-state index contributed by atoms with van der Waals surface area (Å²) in [5, 5.41) is 7.78. The fraction of sp³-hybridized carbons (Fsp3) is 0.786. The van der Waals surface area contributed by atoms with Crippen LogP contribution in [0.3, 0.4) is 0 Å². The molecule has 0 aromatic carbocycles. The number of ether oxygens (including phenoxy) is 1. The van der Waals surface area contributed by atoms with Crippen molar-refractivity contribution in [3.8, 4) is 0 Å². The summed E-state index contributed by atoms with van der Waals surface area (Å²) in [6.45, 7) is 9.25. The lowest BCUT2D eigenvalue weighted by Crippen LogP contribution is -2.44. The molecule has 0 spiro atoms. The molecular weight excluding hydrogens is 226 g/mol. The molecular formula is C14H27N3O. The van der Waals surface area contributed by atoms with Gasteiger partial charge in [0.1, 0.15) is 0 Å². The van der Waals surface area contributed by atoms with E-state index in [0.717, 1.165) is 18.7 Å². The standard InChI is InChI=1S/C14H27N3O/c1-7-18-14(10(2)3)13(15-5)9-12-8-11(4)16-17(12)6/h8,10,13-15H,7,9H2,1-6H3. The monoisotopic (exact) mass is 253 g/mol. The van der Waals surface area contributed by atoms with E-state index in [1.165, 1.54) is 5.69 Å². The van der Waals surface area contributed by atoms with Gasteiger partial charge in [-0.05, 0) is 32.9 Å². The molecule has 0 saturated heterocycles. The van der Waals surface area contributed by atoms with Crippen LogP contribution in [0, 0.1) is 12.8 Å². The summed E-state index contributed by atoms with van der Waals surface area (Å²) in [5.74, 6) is 0.497. The van der Waals surface area contributed by atoms with Gasteiger partial charge in [-0.2, -0.15) is 5.10 Å². The number of aromatic nitrogens is 2. The van der Waals surface area contributed by atoms with Crippen LogP contribution in [-0.2, 0) is 18.2 Å². The van der Waals surface area contributed by atoms with Crippen molar-refractivity contribution < 1.29 is 4.74 Å². The Balaban J connectivity index is 2.79. The third-order valence-corrected chi connectivity index (χ3v) is 3.31. The molecule has 2 unspecified atom stereocenters. The summed E-state index contributed by atoms with van der Waals surface area (Å²) < 4.78 is 7.84. The molecule has 0 amide bonds. The maximum absolute atomic E-state index is 5.88. The summed E-state index contributed by atoms with van der Waals surface area (Å²) in [6.07, 6.45) is 1.17. The van der Waals surface area contributed by atoms with Gasteiger partial charge in [0, 0.05) is 31.8 Å². The first kappa shape index (κ1) is 15.2. The normalized spacial score (nSPS) is 15.1. The first-order chi connectivity index (χ1) is 8.49. The lowest BCUT2D eigenvalue weighted by molar-refractivity contribution is 0.00497. The number of rotatable bonds is 7. The zero-order chi connectivity index (χ0) is 13.7. The molecule has 1 heterocycles. The van der Waals surface area contributed by atoms with Crippen molar-refractivity contribution in [2.45, 2.75) is 46.3 Å². The third-order valence-electron chi connectivity index (χ3n) is 3.31. The predicted molar refractivity (Wildman–Crippen MR) is 74.7 cm³/mol. The summed E-state index contributed by atoms with van der Waals surface area (Å²) >= 11 is 0. The van der Waals surface area contributed by atoms with Gasteiger partial charge < -0.3 is 10.1 Å². The maximum Gasteiger partial charge on any atom is 0.0754 e. The van der Waals surface area contributed by atoms with E-state index >= 15 is 0 Å². The van der Waals surface area contributed by atoms with Crippen molar-refractivity contribution in [2.75, 3.05) is 13.7 Å². The highest BCUT2D eigenvalue weighted by Gasteiger charge is 2.24. The molecule has 0 aliphatic rings. The number of nitrogens with zero attached hydrogens (tertiary/aromatic N) is 2. The molecule has 1 rings (SSSR count). The Kier molecular flexibility index (Phi) is 5.82. The first-order valence-corrected chi connectivity index (χ1v) is 6.78. The van der Waals surface area contributed by atoms with Gasteiger partial charge in [-0.1, -0.05) is 13.8 Å². The molecule has 4 heteroatoms. The zero-order valence-electron chi connectivity index (χ0n) is 12.5. The second kappa shape index (κ2) is 6.90. The van der Waals surface area contributed by atoms with Gasteiger partial charge in [0.15, 0.2) is 0 Å². The molecule has 1 aromatic heterocycles. The minimum atomic E-state index is 0.232.